The molecule has 2 unspecified atom stereocenters. The number of hydrogen-bond acceptors (Lipinski definition) is 3. The summed E-state index contributed by atoms with van der Waals surface area (Å²) in [6.07, 6.45) is 7.78. The maximum atomic E-state index is 10.9. The van der Waals surface area contributed by atoms with E-state index in [1.165, 1.54) is 32.2 Å². The first-order chi connectivity index (χ1) is 8.19. The number of carbonyl (C=O) groups is 1. The molecule has 1 saturated heterocycles. The number of hydrogen-bond donors (Lipinski definition) is 2. The summed E-state index contributed by atoms with van der Waals surface area (Å²) in [4.78, 5) is 13.6. The van der Waals surface area contributed by atoms with Crippen molar-refractivity contribution < 1.29 is 4.79 Å². The van der Waals surface area contributed by atoms with Gasteiger partial charge in [0.05, 0.1) is 0 Å². The minimum atomic E-state index is -0.0500. The summed E-state index contributed by atoms with van der Waals surface area (Å²) in [6.45, 7) is 5.79. The SMILES string of the molecule is CCC1CCC(C)N1CCCCCC(=O)NN. The van der Waals surface area contributed by atoms with Crippen LogP contribution in [0.15, 0.2) is 0 Å². The molecule has 0 bridgehead atoms. The molecule has 0 radical (unpaired) electrons. The van der Waals surface area contributed by atoms with Crippen LogP contribution in [0.25, 0.3) is 0 Å². The summed E-state index contributed by atoms with van der Waals surface area (Å²) in [5.41, 5.74) is 2.17. The van der Waals surface area contributed by atoms with E-state index < -0.39 is 0 Å². The average Bonchev–Trinajstić information content (AvgIpc) is 2.69. The number of nitrogens with zero attached hydrogens (tertiary/aromatic N) is 1. The zero-order valence-electron chi connectivity index (χ0n) is 11.2. The molecule has 1 fully saturated rings. The second-order valence-electron chi connectivity index (χ2n) is 5.10. The minimum absolute atomic E-state index is 0.0500. The molecule has 0 aromatic carbocycles. The van der Waals surface area contributed by atoms with Crippen molar-refractivity contribution in [2.75, 3.05) is 6.54 Å². The lowest BCUT2D eigenvalue weighted by Gasteiger charge is -2.27. The molecule has 2 atom stereocenters. The number of likely N-dealkylation sites (tertiary alicyclic amines) is 1. The fourth-order valence-corrected chi connectivity index (χ4v) is 2.80. The van der Waals surface area contributed by atoms with Crippen molar-refractivity contribution in [2.45, 2.75) is 70.9 Å². The van der Waals surface area contributed by atoms with Gasteiger partial charge in [-0.25, -0.2) is 5.84 Å². The number of nitrogens with two attached hydrogens (primary N) is 1. The Labute approximate surface area is 105 Å². The molecular weight excluding hydrogens is 214 g/mol. The summed E-state index contributed by atoms with van der Waals surface area (Å²) in [5.74, 6) is 4.98. The van der Waals surface area contributed by atoms with Gasteiger partial charge in [-0.2, -0.15) is 0 Å². The number of unbranched alkanes of at least 4 members (excludes halogenated alkanes) is 2. The molecular formula is C13H27N3O. The average molecular weight is 241 g/mol. The van der Waals surface area contributed by atoms with E-state index in [2.05, 4.69) is 24.2 Å². The molecule has 0 aromatic heterocycles. The minimum Gasteiger partial charge on any atom is -0.298 e. The smallest absolute Gasteiger partial charge is 0.233 e. The number of carbonyl (C=O) groups excluding carboxylic acids is 1. The third-order valence-corrected chi connectivity index (χ3v) is 3.91. The van der Waals surface area contributed by atoms with E-state index in [4.69, 9.17) is 5.84 Å². The van der Waals surface area contributed by atoms with Crippen molar-refractivity contribution in [3.63, 3.8) is 0 Å². The first-order valence-corrected chi connectivity index (χ1v) is 6.94. The molecule has 4 nitrogen and oxygen atoms in total. The van der Waals surface area contributed by atoms with Crippen LogP contribution in [-0.2, 0) is 4.79 Å². The number of nitrogens with one attached hydrogen (secondary N) is 1. The highest BCUT2D eigenvalue weighted by Gasteiger charge is 2.28. The van der Waals surface area contributed by atoms with E-state index in [0.717, 1.165) is 24.9 Å². The second-order valence-corrected chi connectivity index (χ2v) is 5.10. The van der Waals surface area contributed by atoms with E-state index in [-0.39, 0.29) is 5.91 Å². The molecule has 0 aliphatic carbocycles. The van der Waals surface area contributed by atoms with Crippen LogP contribution in [0.4, 0.5) is 0 Å². The summed E-state index contributed by atoms with van der Waals surface area (Å²) in [6, 6.07) is 1.53. The van der Waals surface area contributed by atoms with Crippen LogP contribution >= 0.6 is 0 Å². The summed E-state index contributed by atoms with van der Waals surface area (Å²) < 4.78 is 0. The lowest BCUT2D eigenvalue weighted by molar-refractivity contribution is -0.121. The van der Waals surface area contributed by atoms with Gasteiger partial charge in [0.15, 0.2) is 0 Å². The molecule has 1 heterocycles. The zero-order chi connectivity index (χ0) is 12.7. The van der Waals surface area contributed by atoms with Crippen LogP contribution in [0.1, 0.15) is 58.8 Å². The molecule has 0 spiro atoms. The van der Waals surface area contributed by atoms with Crippen molar-refractivity contribution in [2.24, 2.45) is 5.84 Å². The molecule has 1 rings (SSSR count). The van der Waals surface area contributed by atoms with Gasteiger partial charge in [-0.3, -0.25) is 15.1 Å². The molecule has 17 heavy (non-hydrogen) atoms. The monoisotopic (exact) mass is 241 g/mol. The Hall–Kier alpha value is -0.610. The number of rotatable bonds is 7. The van der Waals surface area contributed by atoms with E-state index in [0.29, 0.717) is 6.42 Å². The van der Waals surface area contributed by atoms with E-state index in [9.17, 15) is 4.79 Å². The Kier molecular flexibility index (Phi) is 6.52. The predicted octanol–water partition coefficient (Wildman–Crippen LogP) is 1.80. The molecule has 1 aliphatic heterocycles. The molecule has 1 amide bonds. The lowest BCUT2D eigenvalue weighted by atomic mass is 10.1. The van der Waals surface area contributed by atoms with Gasteiger partial charge in [0, 0.05) is 18.5 Å². The Morgan fingerprint density at radius 3 is 2.76 bits per heavy atom. The Morgan fingerprint density at radius 1 is 1.35 bits per heavy atom. The Morgan fingerprint density at radius 2 is 2.12 bits per heavy atom. The first-order valence-electron chi connectivity index (χ1n) is 6.94. The maximum Gasteiger partial charge on any atom is 0.233 e. The molecule has 0 saturated carbocycles. The van der Waals surface area contributed by atoms with Gasteiger partial charge < -0.3 is 0 Å². The topological polar surface area (TPSA) is 58.4 Å². The maximum absolute atomic E-state index is 10.9. The predicted molar refractivity (Wildman–Crippen MR) is 70.3 cm³/mol. The number of amides is 1. The first kappa shape index (κ1) is 14.5. The van der Waals surface area contributed by atoms with Gasteiger partial charge in [-0.05, 0) is 45.6 Å². The molecule has 4 heteroatoms. The number of hydrazine groups is 1. The van der Waals surface area contributed by atoms with Crippen LogP contribution in [0.2, 0.25) is 0 Å². The van der Waals surface area contributed by atoms with Gasteiger partial charge in [0.1, 0.15) is 0 Å². The van der Waals surface area contributed by atoms with Gasteiger partial charge in [0.25, 0.3) is 0 Å². The fourth-order valence-electron chi connectivity index (χ4n) is 2.80. The third-order valence-electron chi connectivity index (χ3n) is 3.91. The third kappa shape index (κ3) is 4.64. The molecule has 3 N–H and O–H groups in total. The zero-order valence-corrected chi connectivity index (χ0v) is 11.2. The van der Waals surface area contributed by atoms with Crippen LogP contribution < -0.4 is 11.3 Å². The molecule has 1 aliphatic rings. The van der Waals surface area contributed by atoms with Gasteiger partial charge in [-0.15, -0.1) is 0 Å². The highest BCUT2D eigenvalue weighted by Crippen LogP contribution is 2.26. The Bertz CT molecular complexity index is 233. The van der Waals surface area contributed by atoms with E-state index >= 15 is 0 Å². The van der Waals surface area contributed by atoms with E-state index in [1.54, 1.807) is 0 Å². The van der Waals surface area contributed by atoms with Crippen molar-refractivity contribution in [3.05, 3.63) is 0 Å². The normalized spacial score (nSPS) is 25.1. The summed E-state index contributed by atoms with van der Waals surface area (Å²) >= 11 is 0. The van der Waals surface area contributed by atoms with Crippen molar-refractivity contribution in [1.82, 2.24) is 10.3 Å². The largest absolute Gasteiger partial charge is 0.298 e. The quantitative estimate of drug-likeness (QED) is 0.309. The highest BCUT2D eigenvalue weighted by atomic mass is 16.2. The van der Waals surface area contributed by atoms with Crippen LogP contribution in [0.3, 0.4) is 0 Å². The van der Waals surface area contributed by atoms with E-state index in [1.807, 2.05) is 0 Å². The van der Waals surface area contributed by atoms with Crippen LogP contribution in [0.5, 0.6) is 0 Å². The summed E-state index contributed by atoms with van der Waals surface area (Å²) in [5, 5.41) is 0. The highest BCUT2D eigenvalue weighted by molar-refractivity contribution is 5.74. The van der Waals surface area contributed by atoms with Gasteiger partial charge >= 0.3 is 0 Å². The van der Waals surface area contributed by atoms with Crippen molar-refractivity contribution in [1.29, 1.82) is 0 Å². The second kappa shape index (κ2) is 7.67. The van der Waals surface area contributed by atoms with Gasteiger partial charge in [-0.1, -0.05) is 13.3 Å². The van der Waals surface area contributed by atoms with Crippen molar-refractivity contribution >= 4 is 5.91 Å². The summed E-state index contributed by atoms with van der Waals surface area (Å²) in [7, 11) is 0. The molecule has 100 valence electrons. The Balaban J connectivity index is 2.11. The van der Waals surface area contributed by atoms with Crippen LogP contribution in [-0.4, -0.2) is 29.4 Å². The standard InChI is InChI=1S/C13H27N3O/c1-3-12-9-8-11(2)16(12)10-6-4-5-7-13(17)15-14/h11-12H,3-10,14H2,1-2H3,(H,15,17). The molecule has 0 aromatic rings. The van der Waals surface area contributed by atoms with Crippen molar-refractivity contribution in [3.8, 4) is 0 Å². The fraction of sp³-hybridized carbons (Fsp3) is 0.923. The lowest BCUT2D eigenvalue weighted by Crippen LogP contribution is -2.35. The van der Waals surface area contributed by atoms with Crippen LogP contribution in [0, 0.1) is 0 Å². The van der Waals surface area contributed by atoms with Gasteiger partial charge in [0.2, 0.25) is 5.91 Å².